The largest absolute Gasteiger partial charge is 0.394 e. The van der Waals surface area contributed by atoms with Crippen molar-refractivity contribution in [3.63, 3.8) is 0 Å². The normalized spacial score (nSPS) is 23.6. The van der Waals surface area contributed by atoms with E-state index >= 15 is 0 Å². The molecule has 0 radical (unpaired) electrons. The highest BCUT2D eigenvalue weighted by molar-refractivity contribution is 5.66. The number of hydrogen-bond acceptors (Lipinski definition) is 3. The first-order valence-corrected chi connectivity index (χ1v) is 8.00. The van der Waals surface area contributed by atoms with Gasteiger partial charge in [-0.1, -0.05) is 40.5 Å². The zero-order valence-corrected chi connectivity index (χ0v) is 13.6. The van der Waals surface area contributed by atoms with Crippen molar-refractivity contribution in [2.45, 2.75) is 65.3 Å². The third kappa shape index (κ3) is 2.94. The van der Waals surface area contributed by atoms with Gasteiger partial charge in [0.1, 0.15) is 5.82 Å². The van der Waals surface area contributed by atoms with Crippen molar-refractivity contribution in [1.82, 2.24) is 9.78 Å². The highest BCUT2D eigenvalue weighted by Gasteiger charge is 2.29. The predicted molar refractivity (Wildman–Crippen MR) is 85.9 cm³/mol. The van der Waals surface area contributed by atoms with Gasteiger partial charge in [-0.05, 0) is 30.6 Å². The standard InChI is InChI=1S/C16H30N4/c1-10(2)12-8-6-7-9-13(12)18-16-14(17)15(11(3)4)19-20(16)5/h10-13,18H,6-9,17H2,1-5H3. The van der Waals surface area contributed by atoms with Crippen molar-refractivity contribution in [2.24, 2.45) is 18.9 Å². The van der Waals surface area contributed by atoms with Crippen LogP contribution in [0, 0.1) is 11.8 Å². The smallest absolute Gasteiger partial charge is 0.148 e. The number of nitrogen functional groups attached to an aromatic ring is 1. The van der Waals surface area contributed by atoms with Crippen LogP contribution >= 0.6 is 0 Å². The summed E-state index contributed by atoms with van der Waals surface area (Å²) in [5, 5.41) is 8.27. The van der Waals surface area contributed by atoms with Crippen molar-refractivity contribution in [1.29, 1.82) is 0 Å². The summed E-state index contributed by atoms with van der Waals surface area (Å²) in [6, 6.07) is 0.529. The molecule has 114 valence electrons. The number of nitrogens with two attached hydrogens (primary N) is 1. The van der Waals surface area contributed by atoms with Crippen molar-refractivity contribution in [3.05, 3.63) is 5.69 Å². The molecule has 0 amide bonds. The average molecular weight is 278 g/mol. The molecule has 20 heavy (non-hydrogen) atoms. The third-order valence-electron chi connectivity index (χ3n) is 4.66. The van der Waals surface area contributed by atoms with Crippen LogP contribution in [-0.4, -0.2) is 15.8 Å². The molecule has 2 atom stereocenters. The molecule has 1 aromatic heterocycles. The van der Waals surface area contributed by atoms with E-state index in [1.54, 1.807) is 0 Å². The van der Waals surface area contributed by atoms with Gasteiger partial charge < -0.3 is 11.1 Å². The Morgan fingerprint density at radius 2 is 1.85 bits per heavy atom. The number of nitrogens with zero attached hydrogens (tertiary/aromatic N) is 2. The van der Waals surface area contributed by atoms with Crippen LogP contribution in [0.15, 0.2) is 0 Å². The Balaban J connectivity index is 2.20. The molecule has 2 rings (SSSR count). The van der Waals surface area contributed by atoms with Crippen molar-refractivity contribution in [3.8, 4) is 0 Å². The number of rotatable bonds is 4. The fourth-order valence-corrected chi connectivity index (χ4v) is 3.47. The monoisotopic (exact) mass is 278 g/mol. The van der Waals surface area contributed by atoms with Gasteiger partial charge in [0.2, 0.25) is 0 Å². The molecule has 4 nitrogen and oxygen atoms in total. The first kappa shape index (κ1) is 15.2. The second-order valence-electron chi connectivity index (χ2n) is 6.87. The van der Waals surface area contributed by atoms with Crippen LogP contribution in [0.4, 0.5) is 11.5 Å². The van der Waals surface area contributed by atoms with Crippen molar-refractivity contribution < 1.29 is 0 Å². The average Bonchev–Trinajstić information content (AvgIpc) is 2.67. The Morgan fingerprint density at radius 1 is 1.20 bits per heavy atom. The lowest BCUT2D eigenvalue weighted by atomic mass is 9.78. The van der Waals surface area contributed by atoms with E-state index in [2.05, 4.69) is 38.1 Å². The molecule has 1 aliphatic carbocycles. The summed E-state index contributed by atoms with van der Waals surface area (Å²) in [6.45, 7) is 8.94. The van der Waals surface area contributed by atoms with E-state index in [0.717, 1.165) is 23.1 Å². The minimum absolute atomic E-state index is 0.365. The number of aryl methyl sites for hydroxylation is 1. The van der Waals surface area contributed by atoms with Crippen LogP contribution in [0.2, 0.25) is 0 Å². The van der Waals surface area contributed by atoms with Gasteiger partial charge in [-0.15, -0.1) is 0 Å². The van der Waals surface area contributed by atoms with Crippen molar-refractivity contribution >= 4 is 11.5 Å². The fourth-order valence-electron chi connectivity index (χ4n) is 3.47. The third-order valence-corrected chi connectivity index (χ3v) is 4.66. The number of anilines is 2. The molecule has 0 spiro atoms. The number of hydrogen-bond donors (Lipinski definition) is 2. The molecule has 1 saturated carbocycles. The van der Waals surface area contributed by atoms with Crippen LogP contribution in [0.5, 0.6) is 0 Å². The molecule has 0 aromatic carbocycles. The second kappa shape index (κ2) is 6.06. The number of nitrogens with one attached hydrogen (secondary N) is 1. The zero-order valence-electron chi connectivity index (χ0n) is 13.6. The predicted octanol–water partition coefficient (Wildman–Crippen LogP) is 3.75. The first-order chi connectivity index (χ1) is 9.41. The molecule has 0 saturated heterocycles. The van der Waals surface area contributed by atoms with Crippen LogP contribution in [0.1, 0.15) is 65.0 Å². The highest BCUT2D eigenvalue weighted by atomic mass is 15.3. The van der Waals surface area contributed by atoms with Crippen LogP contribution in [0.3, 0.4) is 0 Å². The molecule has 1 aliphatic rings. The Kier molecular flexibility index (Phi) is 4.61. The first-order valence-electron chi connectivity index (χ1n) is 8.00. The molecular weight excluding hydrogens is 248 g/mol. The Labute approximate surface area is 123 Å². The maximum absolute atomic E-state index is 6.30. The summed E-state index contributed by atoms with van der Waals surface area (Å²) in [7, 11) is 1.98. The lowest BCUT2D eigenvalue weighted by Crippen LogP contribution is -2.36. The summed E-state index contributed by atoms with van der Waals surface area (Å²) >= 11 is 0. The van der Waals surface area contributed by atoms with Crippen molar-refractivity contribution in [2.75, 3.05) is 11.1 Å². The molecule has 1 fully saturated rings. The van der Waals surface area contributed by atoms with Gasteiger partial charge in [0.05, 0.1) is 11.4 Å². The van der Waals surface area contributed by atoms with E-state index in [0.29, 0.717) is 17.9 Å². The summed E-state index contributed by atoms with van der Waals surface area (Å²) < 4.78 is 1.91. The molecule has 3 N–H and O–H groups in total. The quantitative estimate of drug-likeness (QED) is 0.882. The van der Waals surface area contributed by atoms with Gasteiger partial charge >= 0.3 is 0 Å². The van der Waals surface area contributed by atoms with Crippen LogP contribution in [0.25, 0.3) is 0 Å². The molecule has 1 heterocycles. The van der Waals surface area contributed by atoms with E-state index in [4.69, 9.17) is 5.73 Å². The van der Waals surface area contributed by atoms with E-state index in [-0.39, 0.29) is 0 Å². The summed E-state index contributed by atoms with van der Waals surface area (Å²) in [4.78, 5) is 0. The number of aromatic nitrogens is 2. The van der Waals surface area contributed by atoms with Gasteiger partial charge in [0.25, 0.3) is 0 Å². The van der Waals surface area contributed by atoms with Crippen LogP contribution in [-0.2, 0) is 7.05 Å². The van der Waals surface area contributed by atoms with Gasteiger partial charge in [0, 0.05) is 13.1 Å². The van der Waals surface area contributed by atoms with Crippen LogP contribution < -0.4 is 11.1 Å². The molecule has 0 bridgehead atoms. The highest BCUT2D eigenvalue weighted by Crippen LogP contribution is 2.35. The van der Waals surface area contributed by atoms with E-state index < -0.39 is 0 Å². The maximum atomic E-state index is 6.30. The van der Waals surface area contributed by atoms with E-state index in [1.807, 2.05) is 11.7 Å². The van der Waals surface area contributed by atoms with E-state index in [9.17, 15) is 0 Å². The molecule has 4 heteroatoms. The summed E-state index contributed by atoms with van der Waals surface area (Å²) in [5.74, 6) is 2.82. The second-order valence-corrected chi connectivity index (χ2v) is 6.87. The lowest BCUT2D eigenvalue weighted by molar-refractivity contribution is 0.253. The zero-order chi connectivity index (χ0) is 14.9. The molecule has 2 unspecified atom stereocenters. The van der Waals surface area contributed by atoms with Gasteiger partial charge in [0.15, 0.2) is 0 Å². The van der Waals surface area contributed by atoms with Gasteiger partial charge in [-0.25, -0.2) is 0 Å². The minimum Gasteiger partial charge on any atom is -0.394 e. The molecular formula is C16H30N4. The molecule has 1 aromatic rings. The Morgan fingerprint density at radius 3 is 2.40 bits per heavy atom. The fraction of sp³-hybridized carbons (Fsp3) is 0.812. The topological polar surface area (TPSA) is 55.9 Å². The summed E-state index contributed by atoms with van der Waals surface area (Å²) in [6.07, 6.45) is 5.24. The molecule has 0 aliphatic heterocycles. The van der Waals surface area contributed by atoms with Gasteiger partial charge in [-0.2, -0.15) is 5.10 Å². The van der Waals surface area contributed by atoms with Gasteiger partial charge in [-0.3, -0.25) is 4.68 Å². The van der Waals surface area contributed by atoms with E-state index in [1.165, 1.54) is 25.7 Å². The SMILES string of the molecule is CC(C)c1nn(C)c(NC2CCCCC2C(C)C)c1N. The summed E-state index contributed by atoms with van der Waals surface area (Å²) in [5.41, 5.74) is 8.13. The Hall–Kier alpha value is -1.19. The Bertz CT molecular complexity index is 448. The maximum Gasteiger partial charge on any atom is 0.148 e. The lowest BCUT2D eigenvalue weighted by Gasteiger charge is -2.35. The minimum atomic E-state index is 0.365.